The van der Waals surface area contributed by atoms with Crippen molar-refractivity contribution in [3.05, 3.63) is 58.0 Å². The molecule has 0 saturated carbocycles. The molecule has 1 aromatic carbocycles. The largest absolute Gasteiger partial charge is 0.379 e. The van der Waals surface area contributed by atoms with Crippen LogP contribution in [0.15, 0.2) is 29.7 Å². The first-order valence-electron chi connectivity index (χ1n) is 10.7. The molecule has 0 radical (unpaired) electrons. The quantitative estimate of drug-likeness (QED) is 0.666. The van der Waals surface area contributed by atoms with E-state index in [2.05, 4.69) is 4.83 Å². The summed E-state index contributed by atoms with van der Waals surface area (Å²) in [7, 11) is -0.815. The van der Waals surface area contributed by atoms with E-state index in [0.717, 1.165) is 43.4 Å². The van der Waals surface area contributed by atoms with E-state index in [9.17, 15) is 8.60 Å². The van der Waals surface area contributed by atoms with Crippen molar-refractivity contribution < 1.29 is 13.3 Å². The summed E-state index contributed by atoms with van der Waals surface area (Å²) in [6.45, 7) is 2.52. The minimum atomic E-state index is -2.78. The van der Waals surface area contributed by atoms with Crippen LogP contribution in [0, 0.1) is 5.82 Å². The zero-order valence-corrected chi connectivity index (χ0v) is 19.4. The highest BCUT2D eigenvalue weighted by molar-refractivity contribution is 8.33. The van der Waals surface area contributed by atoms with Crippen LogP contribution in [0.3, 0.4) is 0 Å². The van der Waals surface area contributed by atoms with Crippen LogP contribution in [0.4, 0.5) is 4.39 Å². The zero-order chi connectivity index (χ0) is 21.8. The Labute approximate surface area is 188 Å². The molecule has 1 aromatic heterocycles. The fraction of sp³-hybridized carbons (Fsp3) is 0.500. The molecule has 9 heteroatoms. The molecule has 2 heterocycles. The molecule has 0 spiro atoms. The van der Waals surface area contributed by atoms with Crippen molar-refractivity contribution in [2.45, 2.75) is 38.0 Å². The lowest BCUT2D eigenvalue weighted by molar-refractivity contribution is 0.0282. The van der Waals surface area contributed by atoms with Gasteiger partial charge in [-0.1, -0.05) is 18.6 Å². The van der Waals surface area contributed by atoms with Crippen LogP contribution in [-0.2, 0) is 44.5 Å². The zero-order valence-electron chi connectivity index (χ0n) is 17.8. The second-order valence-corrected chi connectivity index (χ2v) is 11.2. The summed E-state index contributed by atoms with van der Waals surface area (Å²) in [5.74, 6) is 0.110. The molecule has 168 valence electrons. The summed E-state index contributed by atoms with van der Waals surface area (Å²) in [6, 6.07) is 6.76. The highest BCUT2D eigenvalue weighted by Crippen LogP contribution is 2.35. The van der Waals surface area contributed by atoms with Crippen LogP contribution in [0.25, 0.3) is 6.08 Å². The normalized spacial score (nSPS) is 22.2. The van der Waals surface area contributed by atoms with Gasteiger partial charge in [-0.3, -0.25) is 4.68 Å². The predicted octanol–water partition coefficient (Wildman–Crippen LogP) is 3.08. The van der Waals surface area contributed by atoms with E-state index in [1.165, 1.54) is 23.4 Å². The molecule has 2 aliphatic rings. The Hall–Kier alpha value is -1.65. The van der Waals surface area contributed by atoms with E-state index in [-0.39, 0.29) is 5.82 Å². The maximum Gasteiger partial charge on any atom is 0.125 e. The average Bonchev–Trinajstić information content (AvgIpc) is 2.91. The van der Waals surface area contributed by atoms with Crippen LogP contribution < -0.4 is 4.83 Å². The average molecular weight is 465 g/mol. The van der Waals surface area contributed by atoms with Gasteiger partial charge in [-0.2, -0.15) is 9.93 Å². The summed E-state index contributed by atoms with van der Waals surface area (Å²) >= 11 is 5.31. The Kier molecular flexibility index (Phi) is 7.18. The van der Waals surface area contributed by atoms with Crippen molar-refractivity contribution in [2.24, 2.45) is 7.05 Å². The Morgan fingerprint density at radius 1 is 1.29 bits per heavy atom. The third-order valence-electron chi connectivity index (χ3n) is 5.91. The van der Waals surface area contributed by atoms with E-state index in [4.69, 9.17) is 21.0 Å². The van der Waals surface area contributed by atoms with Crippen LogP contribution in [-0.4, -0.2) is 45.3 Å². The number of morpholine rings is 1. The molecule has 1 N–H and O–H groups in total. The van der Waals surface area contributed by atoms with Gasteiger partial charge in [0.15, 0.2) is 0 Å². The van der Waals surface area contributed by atoms with Gasteiger partial charge in [-0.25, -0.2) is 13.6 Å². The van der Waals surface area contributed by atoms with Gasteiger partial charge < -0.3 is 4.74 Å². The molecule has 0 bridgehead atoms. The molecular weight excluding hydrogens is 435 g/mol. The van der Waals surface area contributed by atoms with Crippen molar-refractivity contribution in [1.82, 2.24) is 19.6 Å². The van der Waals surface area contributed by atoms with E-state index in [0.29, 0.717) is 32.2 Å². The minimum absolute atomic E-state index is 0.212. The Bertz CT molecular complexity index is 1030. The van der Waals surface area contributed by atoms with Crippen molar-refractivity contribution >= 4 is 25.9 Å². The van der Waals surface area contributed by atoms with Gasteiger partial charge in [0.1, 0.15) is 14.5 Å². The second-order valence-electron chi connectivity index (χ2n) is 8.18. The lowest BCUT2D eigenvalue weighted by atomic mass is 9.91. The van der Waals surface area contributed by atoms with Gasteiger partial charge in [0, 0.05) is 53.9 Å². The number of hydrazine groups is 1. The number of rotatable bonds is 6. The highest BCUT2D eigenvalue weighted by Gasteiger charge is 2.25. The second kappa shape index (κ2) is 9.87. The van der Waals surface area contributed by atoms with E-state index >= 15 is 0 Å². The number of fused-ring (bicyclic) bond motifs is 1. The topological polar surface area (TPSA) is 59.4 Å². The maximum absolute atomic E-state index is 13.3. The summed E-state index contributed by atoms with van der Waals surface area (Å²) in [4.78, 5) is 2.95. The first-order valence-corrected chi connectivity index (χ1v) is 13.3. The van der Waals surface area contributed by atoms with Crippen molar-refractivity contribution in [3.63, 3.8) is 0 Å². The summed E-state index contributed by atoms with van der Waals surface area (Å²) < 4.78 is 33.4. The fourth-order valence-electron chi connectivity index (χ4n) is 4.46. The number of nitrogens with zero attached hydrogens (tertiary/aromatic N) is 3. The predicted molar refractivity (Wildman–Crippen MR) is 124 cm³/mol. The standard InChI is InChI=1S/C22H29FN4O2S2/c1-26-22-18(16-17-6-8-19(23)9-7-17)4-2-3-5-20(22)21(24-26)10-15-31(28,30)25-27-11-13-29-14-12-27/h6-10,15,18,25H,2-5,11-14,16H2,1H3/b15-10+. The Morgan fingerprint density at radius 2 is 2.03 bits per heavy atom. The summed E-state index contributed by atoms with van der Waals surface area (Å²) in [5.41, 5.74) is 4.39. The van der Waals surface area contributed by atoms with Crippen molar-refractivity contribution in [1.29, 1.82) is 0 Å². The SMILES string of the molecule is Cn1nc(/C=C/S(=O)(=S)NN2CCOCC2)c2c1C(Cc1ccc(F)cc1)CCCC2. The van der Waals surface area contributed by atoms with Crippen LogP contribution in [0.1, 0.15) is 47.7 Å². The number of aromatic nitrogens is 2. The minimum Gasteiger partial charge on any atom is -0.379 e. The van der Waals surface area contributed by atoms with E-state index < -0.39 is 8.68 Å². The molecule has 0 amide bonds. The maximum atomic E-state index is 13.3. The van der Waals surface area contributed by atoms with Crippen molar-refractivity contribution in [2.75, 3.05) is 26.3 Å². The summed E-state index contributed by atoms with van der Waals surface area (Å²) in [5, 5.41) is 8.16. The van der Waals surface area contributed by atoms with Gasteiger partial charge in [0.05, 0.1) is 18.9 Å². The number of hydrogen-bond acceptors (Lipinski definition) is 5. The number of aryl methyl sites for hydroxylation is 1. The molecule has 1 aliphatic carbocycles. The smallest absolute Gasteiger partial charge is 0.125 e. The number of benzene rings is 1. The monoisotopic (exact) mass is 464 g/mol. The molecular formula is C22H29FN4O2S2. The molecule has 4 rings (SSSR count). The first kappa shape index (κ1) is 22.5. The molecule has 31 heavy (non-hydrogen) atoms. The number of nitrogens with one attached hydrogen (secondary N) is 1. The number of ether oxygens (including phenoxy) is 1. The highest BCUT2D eigenvalue weighted by atomic mass is 32.8. The Morgan fingerprint density at radius 3 is 2.77 bits per heavy atom. The fourth-order valence-corrected chi connectivity index (χ4v) is 5.85. The third-order valence-corrected chi connectivity index (χ3v) is 7.47. The van der Waals surface area contributed by atoms with Crippen LogP contribution in [0.2, 0.25) is 0 Å². The van der Waals surface area contributed by atoms with Gasteiger partial charge in [0.25, 0.3) is 0 Å². The molecule has 1 aliphatic heterocycles. The number of halogens is 1. The third kappa shape index (κ3) is 5.78. The molecule has 6 nitrogen and oxygen atoms in total. The molecule has 2 atom stereocenters. The van der Waals surface area contributed by atoms with Gasteiger partial charge >= 0.3 is 0 Å². The molecule has 2 unspecified atom stereocenters. The van der Waals surface area contributed by atoms with Gasteiger partial charge in [0.2, 0.25) is 0 Å². The number of hydrogen-bond donors (Lipinski definition) is 1. The first-order chi connectivity index (χ1) is 14.9. The van der Waals surface area contributed by atoms with Gasteiger partial charge in [-0.15, -0.1) is 0 Å². The lowest BCUT2D eigenvalue weighted by Gasteiger charge is -2.26. The van der Waals surface area contributed by atoms with Crippen LogP contribution >= 0.6 is 0 Å². The molecule has 2 aromatic rings. The lowest BCUT2D eigenvalue weighted by Crippen LogP contribution is -2.47. The summed E-state index contributed by atoms with van der Waals surface area (Å²) in [6.07, 6.45) is 6.91. The van der Waals surface area contributed by atoms with E-state index in [1.54, 1.807) is 5.41 Å². The van der Waals surface area contributed by atoms with Crippen LogP contribution in [0.5, 0.6) is 0 Å². The Balaban J connectivity index is 1.55. The van der Waals surface area contributed by atoms with Crippen molar-refractivity contribution in [3.8, 4) is 0 Å². The molecule has 1 fully saturated rings. The van der Waals surface area contributed by atoms with E-state index in [1.807, 2.05) is 34.9 Å². The molecule has 1 saturated heterocycles. The van der Waals surface area contributed by atoms with Gasteiger partial charge in [-0.05, 0) is 49.5 Å².